The molecule has 0 aliphatic rings. The van der Waals surface area contributed by atoms with E-state index in [4.69, 9.17) is 14.7 Å². The molecular weight excluding hydrogens is 261 g/mol. The van der Waals surface area contributed by atoms with Gasteiger partial charge in [-0.05, 0) is 0 Å². The predicted octanol–water partition coefficient (Wildman–Crippen LogP) is -0.326. The zero-order chi connectivity index (χ0) is 13.0. The van der Waals surface area contributed by atoms with Crippen molar-refractivity contribution in [3.63, 3.8) is 0 Å². The summed E-state index contributed by atoms with van der Waals surface area (Å²) in [4.78, 5) is 35.2. The molecule has 0 bridgehead atoms. The zero-order valence-corrected chi connectivity index (χ0v) is 8.50. The van der Waals surface area contributed by atoms with Gasteiger partial charge in [0.05, 0.1) is 0 Å². The average Bonchev–Trinajstić information content (AvgIpc) is 2.07. The van der Waals surface area contributed by atoms with Gasteiger partial charge in [0.25, 0.3) is 12.1 Å². The number of rotatable bonds is 5. The minimum absolute atomic E-state index is 0.612. The Labute approximate surface area is 87.5 Å². The molecule has 0 aliphatic carbocycles. The topological polar surface area (TPSA) is 99.0 Å². The smallest absolute Gasteiger partial charge is 0.351 e. The third-order valence-electron chi connectivity index (χ3n) is 1.18. The molecule has 0 saturated heterocycles. The van der Waals surface area contributed by atoms with Crippen molar-refractivity contribution in [1.82, 2.24) is 5.32 Å². The third-order valence-corrected chi connectivity index (χ3v) is 1.71. The van der Waals surface area contributed by atoms with Gasteiger partial charge >= 0.3 is 14.3 Å². The van der Waals surface area contributed by atoms with Gasteiger partial charge in [-0.25, -0.2) is 4.39 Å². The molecule has 96 valence electrons. The first-order valence-electron chi connectivity index (χ1n) is 3.74. The lowest BCUT2D eigenvalue weighted by Gasteiger charge is -2.11. The van der Waals surface area contributed by atoms with Crippen molar-refractivity contribution < 1.29 is 41.6 Å². The van der Waals surface area contributed by atoms with Crippen LogP contribution >= 0.6 is 8.17 Å². The summed E-state index contributed by atoms with van der Waals surface area (Å²) in [6.45, 7) is -1.29. The normalized spacial score (nSPS) is 14.7. The number of alkyl halides is 4. The van der Waals surface area contributed by atoms with Crippen LogP contribution in [0.3, 0.4) is 0 Å². The fraction of sp³-hybridized carbons (Fsp3) is 0.800. The van der Waals surface area contributed by atoms with Gasteiger partial charge in [0, 0.05) is 6.54 Å². The summed E-state index contributed by atoms with van der Waals surface area (Å²) in [7, 11) is -4.50. The minimum Gasteiger partial charge on any atom is -0.351 e. The number of amides is 1. The van der Waals surface area contributed by atoms with Gasteiger partial charge in [-0.3, -0.25) is 4.79 Å². The van der Waals surface area contributed by atoms with Crippen LogP contribution in [0.4, 0.5) is 17.6 Å². The van der Waals surface area contributed by atoms with Gasteiger partial charge in [-0.2, -0.15) is 32.4 Å². The molecule has 4 N–H and O–H groups in total. The third kappa shape index (κ3) is 6.85. The van der Waals surface area contributed by atoms with Crippen LogP contribution in [0.25, 0.3) is 0 Å². The van der Waals surface area contributed by atoms with E-state index in [1.807, 2.05) is 0 Å². The molecule has 0 spiro atoms. The van der Waals surface area contributed by atoms with E-state index in [9.17, 15) is 22.4 Å². The van der Waals surface area contributed by atoms with Crippen LogP contribution in [0.5, 0.6) is 0 Å². The van der Waals surface area contributed by atoms with E-state index in [0.717, 1.165) is 0 Å². The Morgan fingerprint density at radius 1 is 1.38 bits per heavy atom. The first-order chi connectivity index (χ1) is 7.04. The van der Waals surface area contributed by atoms with Crippen LogP contribution < -0.4 is 5.32 Å². The Morgan fingerprint density at radius 2 is 1.88 bits per heavy atom. The highest BCUT2D eigenvalue weighted by atomic mass is 31.2. The van der Waals surface area contributed by atoms with Crippen molar-refractivity contribution in [2.24, 2.45) is 0 Å². The number of hydrogen-bond donors (Lipinski definition) is 4. The van der Waals surface area contributed by atoms with Gasteiger partial charge in [0.2, 0.25) is 0 Å². The lowest BCUT2D eigenvalue weighted by atomic mass is 10.3. The Morgan fingerprint density at radius 3 is 2.25 bits per heavy atom. The van der Waals surface area contributed by atoms with Gasteiger partial charge in [0.15, 0.2) is 0 Å². The SMILES string of the molecule is O=C(NCCO[P+](O)(O)O)C(F)C(F)(F)F. The molecule has 16 heavy (non-hydrogen) atoms. The fourth-order valence-electron chi connectivity index (χ4n) is 0.581. The number of hydrogen-bond acceptors (Lipinski definition) is 5. The van der Waals surface area contributed by atoms with Crippen molar-refractivity contribution in [3.05, 3.63) is 0 Å². The second-order valence-electron chi connectivity index (χ2n) is 2.54. The van der Waals surface area contributed by atoms with Crippen molar-refractivity contribution in [2.45, 2.75) is 12.3 Å². The number of nitrogens with one attached hydrogen (secondary N) is 1. The van der Waals surface area contributed by atoms with Gasteiger partial charge in [-0.15, -0.1) is 0 Å². The van der Waals surface area contributed by atoms with Gasteiger partial charge in [0.1, 0.15) is 6.61 Å². The van der Waals surface area contributed by atoms with E-state index in [0.29, 0.717) is 0 Å². The average molecular weight is 270 g/mol. The van der Waals surface area contributed by atoms with E-state index in [1.54, 1.807) is 0 Å². The number of carbonyl (C=O) groups excluding carboxylic acids is 1. The highest BCUT2D eigenvalue weighted by molar-refractivity contribution is 7.53. The molecule has 0 fully saturated rings. The quantitative estimate of drug-likeness (QED) is 0.311. The van der Waals surface area contributed by atoms with Gasteiger partial charge in [-0.1, -0.05) is 0 Å². The molecule has 11 heteroatoms. The molecule has 1 amide bonds. The molecule has 0 aromatic heterocycles. The Balaban J connectivity index is 3.83. The molecule has 6 nitrogen and oxygen atoms in total. The Hall–Kier alpha value is -0.540. The minimum atomic E-state index is -5.30. The maximum absolute atomic E-state index is 12.2. The second-order valence-corrected chi connectivity index (χ2v) is 3.83. The Kier molecular flexibility index (Phi) is 5.50. The molecule has 0 saturated carbocycles. The van der Waals surface area contributed by atoms with Crippen LogP contribution in [-0.2, 0) is 9.32 Å². The Bertz CT molecular complexity index is 242. The van der Waals surface area contributed by atoms with Crippen LogP contribution in [0.1, 0.15) is 0 Å². The highest BCUT2D eigenvalue weighted by Crippen LogP contribution is 2.45. The van der Waals surface area contributed by atoms with Crippen molar-refractivity contribution >= 4 is 14.1 Å². The molecule has 0 radical (unpaired) electrons. The van der Waals surface area contributed by atoms with Gasteiger partial charge < -0.3 is 5.32 Å². The maximum Gasteiger partial charge on any atom is 0.567 e. The van der Waals surface area contributed by atoms with E-state index in [2.05, 4.69) is 4.52 Å². The van der Waals surface area contributed by atoms with Crippen LogP contribution in [0.15, 0.2) is 0 Å². The lowest BCUT2D eigenvalue weighted by Crippen LogP contribution is -2.42. The lowest BCUT2D eigenvalue weighted by molar-refractivity contribution is -0.186. The molecular formula is C5H9F4NO5P+. The van der Waals surface area contributed by atoms with E-state index >= 15 is 0 Å². The monoisotopic (exact) mass is 270 g/mol. The maximum atomic E-state index is 12.2. The van der Waals surface area contributed by atoms with Crippen molar-refractivity contribution in [2.75, 3.05) is 13.2 Å². The molecule has 0 aromatic rings. The standard InChI is InChI=1S/C5H8F4NO5P/c6-3(5(7,8)9)4(11)10-1-2-15-16(12,13)14/h3,12-14H,1-2H2/p+1. The predicted molar refractivity (Wildman–Crippen MR) is 43.5 cm³/mol. The van der Waals surface area contributed by atoms with Crippen molar-refractivity contribution in [1.29, 1.82) is 0 Å². The molecule has 1 unspecified atom stereocenters. The van der Waals surface area contributed by atoms with Crippen LogP contribution in [0, 0.1) is 0 Å². The zero-order valence-electron chi connectivity index (χ0n) is 7.61. The summed E-state index contributed by atoms with van der Waals surface area (Å²) >= 11 is 0. The molecule has 0 aromatic carbocycles. The second kappa shape index (κ2) is 5.69. The summed E-state index contributed by atoms with van der Waals surface area (Å²) in [5.74, 6) is -1.92. The first kappa shape index (κ1) is 15.5. The first-order valence-corrected chi connectivity index (χ1v) is 5.31. The summed E-state index contributed by atoms with van der Waals surface area (Å²) in [5, 5.41) is 1.49. The van der Waals surface area contributed by atoms with Crippen LogP contribution in [-0.4, -0.2) is 46.1 Å². The van der Waals surface area contributed by atoms with Crippen molar-refractivity contribution in [3.8, 4) is 0 Å². The molecule has 0 rings (SSSR count). The summed E-state index contributed by atoms with van der Waals surface area (Å²) in [6.07, 6.45) is -8.96. The van der Waals surface area contributed by atoms with E-state index < -0.39 is 39.6 Å². The summed E-state index contributed by atoms with van der Waals surface area (Å²) in [6, 6.07) is 0. The fourth-order valence-corrected chi connectivity index (χ4v) is 0.917. The highest BCUT2D eigenvalue weighted by Gasteiger charge is 2.45. The molecule has 1 atom stereocenters. The van der Waals surface area contributed by atoms with Crippen LogP contribution in [0.2, 0.25) is 0 Å². The number of carbonyl (C=O) groups is 1. The molecule has 0 aliphatic heterocycles. The molecule has 0 heterocycles. The van der Waals surface area contributed by atoms with E-state index in [1.165, 1.54) is 5.32 Å². The van der Waals surface area contributed by atoms with E-state index in [-0.39, 0.29) is 0 Å². The number of halogens is 4. The largest absolute Gasteiger partial charge is 0.567 e. The summed E-state index contributed by atoms with van der Waals surface area (Å²) in [5.41, 5.74) is 0. The summed E-state index contributed by atoms with van der Waals surface area (Å²) < 4.78 is 51.0.